The van der Waals surface area contributed by atoms with Crippen molar-refractivity contribution in [3.05, 3.63) is 93.6 Å². The molecule has 4 aromatic rings. The van der Waals surface area contributed by atoms with Crippen molar-refractivity contribution in [2.45, 2.75) is 76.0 Å². The number of carbonyl (C=O) groups excluding carboxylic acids is 2. The van der Waals surface area contributed by atoms with Gasteiger partial charge < -0.3 is 45.7 Å². The van der Waals surface area contributed by atoms with Crippen molar-refractivity contribution in [1.82, 2.24) is 39.3 Å². The summed E-state index contributed by atoms with van der Waals surface area (Å²) in [6, 6.07) is 0.755. The molecule has 4 heterocycles. The molecule has 17 nitrogen and oxygen atoms in total. The maximum atomic E-state index is 14.0. The fraction of sp³-hybridized carbons (Fsp3) is 0.438. The van der Waals surface area contributed by atoms with Gasteiger partial charge in [0.1, 0.15) is 17.4 Å². The van der Waals surface area contributed by atoms with Crippen LogP contribution < -0.4 is 11.5 Å². The number of nitrogens with zero attached hydrogens (tertiary/aromatic N) is 8. The molecule has 6 rings (SSSR count). The molecule has 2 aliphatic heterocycles. The number of carbonyl (C=O) groups is 2. The molecule has 0 radical (unpaired) electrons. The van der Waals surface area contributed by atoms with Crippen LogP contribution >= 0.6 is 7.82 Å². The van der Waals surface area contributed by atoms with Crippen LogP contribution in [0.5, 0.6) is 0 Å². The fourth-order valence-corrected chi connectivity index (χ4v) is 6.94. The van der Waals surface area contributed by atoms with E-state index in [9.17, 15) is 66.8 Å². The third kappa shape index (κ3) is 12.0. The largest absolute Gasteiger partial charge is 0.471 e. The van der Waals surface area contributed by atoms with Crippen LogP contribution in [0.2, 0.25) is 0 Å². The summed E-state index contributed by atoms with van der Waals surface area (Å²) in [6.07, 6.45) is -11.8. The summed E-state index contributed by atoms with van der Waals surface area (Å²) in [7, 11) is -5.36. The highest BCUT2D eigenvalue weighted by Gasteiger charge is 2.43. The molecule has 0 fully saturated rings. The van der Waals surface area contributed by atoms with E-state index in [4.69, 9.17) is 21.3 Å². The monoisotopic (exact) mass is 928 g/mol. The lowest BCUT2D eigenvalue weighted by Crippen LogP contribution is -2.50. The van der Waals surface area contributed by atoms with Crippen molar-refractivity contribution < 1.29 is 86.6 Å². The molecule has 2 amide bonds. The normalized spacial score (nSPS) is 15.7. The number of nitrogens with two attached hydrogens (primary N) is 2. The second-order valence-electron chi connectivity index (χ2n) is 13.7. The topological polar surface area (TPSA) is 252 Å². The summed E-state index contributed by atoms with van der Waals surface area (Å²) in [5.74, 6) is -11.9. The molecule has 0 spiro atoms. The van der Waals surface area contributed by atoms with E-state index >= 15 is 0 Å². The molecule has 2 aromatic heterocycles. The van der Waals surface area contributed by atoms with E-state index < -0.39 is 115 Å². The first-order valence-corrected chi connectivity index (χ1v) is 18.8. The van der Waals surface area contributed by atoms with Gasteiger partial charge in [0.05, 0.1) is 19.5 Å². The van der Waals surface area contributed by atoms with Gasteiger partial charge in [0.15, 0.2) is 34.9 Å². The number of hydrogen-bond acceptors (Lipinski definition) is 10. The summed E-state index contributed by atoms with van der Waals surface area (Å²) in [6.45, 7) is -1.34. The highest BCUT2D eigenvalue weighted by Crippen LogP contribution is 2.42. The molecule has 2 aromatic carbocycles. The van der Waals surface area contributed by atoms with E-state index in [0.29, 0.717) is 18.2 Å². The Labute approximate surface area is 339 Å². The van der Waals surface area contributed by atoms with Gasteiger partial charge in [0.25, 0.3) is 0 Å². The van der Waals surface area contributed by atoms with Crippen molar-refractivity contribution in [2.75, 3.05) is 13.1 Å². The number of halogens is 12. The fourth-order valence-electron chi connectivity index (χ4n) is 6.34. The number of rotatable bonds is 10. The van der Waals surface area contributed by atoms with Crippen molar-refractivity contribution in [3.63, 3.8) is 0 Å². The SMILES string of the molecule is N[C@@H](CC(=O)N1CCn2c(nnc2C(F)(F)F)C1)Cc1cc(F)c(F)cc1F.N[C@@](CC(=O)N1CCn2c(nnc2C(F)(F)F)C1)(Cc1cc(F)c(F)cc1F)OP(=O)(O)O.O. The summed E-state index contributed by atoms with van der Waals surface area (Å²) < 4.78 is 175. The lowest BCUT2D eigenvalue weighted by Gasteiger charge is -2.33. The molecule has 8 N–H and O–H groups in total. The maximum absolute atomic E-state index is 14.0. The summed E-state index contributed by atoms with van der Waals surface area (Å²) in [5, 5.41) is 13.0. The molecule has 62 heavy (non-hydrogen) atoms. The van der Waals surface area contributed by atoms with Crippen LogP contribution in [0.3, 0.4) is 0 Å². The predicted molar refractivity (Wildman–Crippen MR) is 182 cm³/mol. The Hall–Kier alpha value is -5.19. The van der Waals surface area contributed by atoms with E-state index in [2.05, 4.69) is 24.9 Å². The van der Waals surface area contributed by atoms with Gasteiger partial charge in [0, 0.05) is 57.2 Å². The van der Waals surface area contributed by atoms with Crippen molar-refractivity contribution in [3.8, 4) is 0 Å². The Morgan fingerprint density at radius 2 is 1.11 bits per heavy atom. The molecule has 342 valence electrons. The van der Waals surface area contributed by atoms with Gasteiger partial charge in [-0.15, -0.1) is 20.4 Å². The van der Waals surface area contributed by atoms with Crippen molar-refractivity contribution in [1.29, 1.82) is 0 Å². The van der Waals surface area contributed by atoms with E-state index in [-0.39, 0.29) is 74.3 Å². The Balaban J connectivity index is 0.000000272. The number of hydrogen-bond donors (Lipinski definition) is 4. The number of phosphoric ester groups is 1. The Morgan fingerprint density at radius 1 is 0.694 bits per heavy atom. The van der Waals surface area contributed by atoms with Gasteiger partial charge in [-0.1, -0.05) is 0 Å². The lowest BCUT2D eigenvalue weighted by atomic mass is 9.98. The molecule has 0 unspecified atom stereocenters. The average Bonchev–Trinajstić information content (AvgIpc) is 3.77. The van der Waals surface area contributed by atoms with Gasteiger partial charge in [-0.05, 0) is 29.7 Å². The van der Waals surface area contributed by atoms with Crippen LogP contribution in [-0.4, -0.2) is 91.3 Å². The maximum Gasteiger partial charge on any atom is 0.471 e. The van der Waals surface area contributed by atoms with Gasteiger partial charge in [-0.3, -0.25) is 14.1 Å². The molecule has 0 aliphatic carbocycles. The Morgan fingerprint density at radius 3 is 1.56 bits per heavy atom. The third-order valence-electron chi connectivity index (χ3n) is 9.06. The second-order valence-corrected chi connectivity index (χ2v) is 14.9. The zero-order chi connectivity index (χ0) is 45.4. The molecule has 0 bridgehead atoms. The van der Waals surface area contributed by atoms with Gasteiger partial charge in [0.2, 0.25) is 23.5 Å². The Bertz CT molecular complexity index is 2340. The zero-order valence-electron chi connectivity index (χ0n) is 31.2. The van der Waals surface area contributed by atoms with Crippen molar-refractivity contribution in [2.24, 2.45) is 11.5 Å². The van der Waals surface area contributed by atoms with Crippen LogP contribution in [0.15, 0.2) is 24.3 Å². The van der Waals surface area contributed by atoms with Crippen molar-refractivity contribution >= 4 is 19.6 Å². The number of fused-ring (bicyclic) bond motifs is 2. The highest BCUT2D eigenvalue weighted by atomic mass is 31.2. The summed E-state index contributed by atoms with van der Waals surface area (Å²) >= 11 is 0. The number of aromatic nitrogens is 6. The van der Waals surface area contributed by atoms with E-state index in [0.717, 1.165) is 14.0 Å². The predicted octanol–water partition coefficient (Wildman–Crippen LogP) is 2.65. The molecule has 0 saturated carbocycles. The second kappa shape index (κ2) is 18.7. The third-order valence-corrected chi connectivity index (χ3v) is 9.66. The molecule has 0 saturated heterocycles. The van der Waals surface area contributed by atoms with Crippen LogP contribution in [0.4, 0.5) is 52.7 Å². The molecular weight excluding hydrogens is 895 g/mol. The Kier molecular flexibility index (Phi) is 14.9. The van der Waals surface area contributed by atoms with Crippen LogP contribution in [-0.2, 0) is 70.1 Å². The molecule has 2 atom stereocenters. The van der Waals surface area contributed by atoms with Gasteiger partial charge >= 0.3 is 20.2 Å². The minimum Gasteiger partial charge on any atom is -0.412 e. The van der Waals surface area contributed by atoms with Gasteiger partial charge in [-0.25, -0.2) is 30.9 Å². The van der Waals surface area contributed by atoms with E-state index in [1.54, 1.807) is 0 Å². The first-order valence-electron chi connectivity index (χ1n) is 17.3. The quantitative estimate of drug-likeness (QED) is 0.0776. The van der Waals surface area contributed by atoms with Crippen LogP contribution in [0.25, 0.3) is 0 Å². The minimum absolute atomic E-state index is 0. The number of alkyl halides is 6. The first kappa shape index (κ1) is 49.5. The van der Waals surface area contributed by atoms with Crippen LogP contribution in [0.1, 0.15) is 47.3 Å². The summed E-state index contributed by atoms with van der Waals surface area (Å²) in [5.41, 5.74) is 8.24. The first-order chi connectivity index (χ1) is 28.1. The van der Waals surface area contributed by atoms with Gasteiger partial charge in [-0.2, -0.15) is 26.3 Å². The summed E-state index contributed by atoms with van der Waals surface area (Å²) in [4.78, 5) is 45.6. The number of amides is 2. The van der Waals surface area contributed by atoms with E-state index in [1.165, 1.54) is 4.90 Å². The zero-order valence-corrected chi connectivity index (χ0v) is 32.1. The molecular formula is C32H33F12N10O7P. The average molecular weight is 929 g/mol. The molecule has 30 heteroatoms. The smallest absolute Gasteiger partial charge is 0.412 e. The van der Waals surface area contributed by atoms with E-state index in [1.807, 2.05) is 0 Å². The van der Waals surface area contributed by atoms with Crippen LogP contribution in [0, 0.1) is 34.9 Å². The molecule has 2 aliphatic rings. The standard InChI is InChI=1S/C16H16F6N5O5P.C16H15F6N5O.H2O/c17-9-4-11(19)10(18)3-8(9)5-15(23,32-33(29,30)31)6-13(28)26-1-2-27-12(7-26)24-25-14(27)16(20,21)22;17-10-6-12(19)11(18)4-8(10)3-9(23)5-14(28)26-1-2-27-13(7-26)24-25-15(27)16(20,21)22;/h3-4H,1-2,5-7,23H2,(H2,29,30,31);4,6,9H,1-3,5,7,23H2;1H2/t15-;9-;/m01./s1. The highest BCUT2D eigenvalue weighted by molar-refractivity contribution is 7.46. The lowest BCUT2D eigenvalue weighted by molar-refractivity contribution is -0.149. The minimum atomic E-state index is -5.36. The number of benzene rings is 2. The number of phosphoric acid groups is 1.